The molecule has 0 amide bonds. The average Bonchev–Trinajstić information content (AvgIpc) is 2.62. The lowest BCUT2D eigenvalue weighted by atomic mass is 10.1. The zero-order valence-electron chi connectivity index (χ0n) is 11.6. The molecule has 0 fully saturated rings. The van der Waals surface area contributed by atoms with Gasteiger partial charge in [-0.25, -0.2) is 0 Å². The third kappa shape index (κ3) is 2.98. The Hall–Kier alpha value is -2.70. The lowest BCUT2D eigenvalue weighted by molar-refractivity contribution is 0.193. The summed E-state index contributed by atoms with van der Waals surface area (Å²) in [7, 11) is 0. The molecular formula is C16H14N4O2. The molecule has 2 atom stereocenters. The molecule has 0 aliphatic heterocycles. The molecule has 2 N–H and O–H groups in total. The van der Waals surface area contributed by atoms with Crippen molar-refractivity contribution in [1.82, 2.24) is 20.4 Å². The Labute approximate surface area is 127 Å². The molecule has 0 spiro atoms. The Balaban J connectivity index is 1.81. The van der Waals surface area contributed by atoms with Gasteiger partial charge in [0.05, 0.1) is 0 Å². The second-order valence-corrected chi connectivity index (χ2v) is 4.74. The van der Waals surface area contributed by atoms with Crippen molar-refractivity contribution in [2.24, 2.45) is 0 Å². The van der Waals surface area contributed by atoms with Crippen LogP contribution in [0.3, 0.4) is 0 Å². The van der Waals surface area contributed by atoms with Crippen LogP contribution in [-0.4, -0.2) is 30.6 Å². The summed E-state index contributed by atoms with van der Waals surface area (Å²) >= 11 is 0. The minimum atomic E-state index is -0.996. The van der Waals surface area contributed by atoms with Gasteiger partial charge in [0.15, 0.2) is 0 Å². The topological polar surface area (TPSA) is 92.0 Å². The van der Waals surface area contributed by atoms with Crippen molar-refractivity contribution in [3.05, 3.63) is 83.4 Å². The van der Waals surface area contributed by atoms with Gasteiger partial charge in [-0.3, -0.25) is 0 Å². The number of hydrogen-bond acceptors (Lipinski definition) is 6. The van der Waals surface area contributed by atoms with Crippen molar-refractivity contribution in [2.45, 2.75) is 12.2 Å². The third-order valence-corrected chi connectivity index (χ3v) is 3.23. The molecule has 1 heterocycles. The van der Waals surface area contributed by atoms with E-state index in [0.717, 1.165) is 0 Å². The molecule has 0 aliphatic carbocycles. The van der Waals surface area contributed by atoms with Crippen molar-refractivity contribution in [3.8, 4) is 0 Å². The lowest BCUT2D eigenvalue weighted by Gasteiger charge is -2.10. The highest BCUT2D eigenvalue weighted by molar-refractivity contribution is 5.23. The Morgan fingerprint density at radius 3 is 1.18 bits per heavy atom. The number of nitrogens with zero attached hydrogens (tertiary/aromatic N) is 4. The smallest absolute Gasteiger partial charge is 0.206 e. The van der Waals surface area contributed by atoms with Crippen molar-refractivity contribution in [3.63, 3.8) is 0 Å². The molecule has 6 nitrogen and oxygen atoms in total. The first-order valence-corrected chi connectivity index (χ1v) is 6.79. The van der Waals surface area contributed by atoms with E-state index in [1.807, 2.05) is 36.4 Å². The Bertz CT molecular complexity index is 656. The highest BCUT2D eigenvalue weighted by Crippen LogP contribution is 2.19. The molecule has 0 aliphatic rings. The van der Waals surface area contributed by atoms with Crippen LogP contribution in [-0.2, 0) is 0 Å². The summed E-state index contributed by atoms with van der Waals surface area (Å²) in [5, 5.41) is 35.8. The number of rotatable bonds is 4. The van der Waals surface area contributed by atoms with E-state index in [1.54, 1.807) is 24.3 Å². The molecule has 1 aromatic heterocycles. The molecule has 0 radical (unpaired) electrons. The van der Waals surface area contributed by atoms with Crippen LogP contribution in [0, 0.1) is 0 Å². The van der Waals surface area contributed by atoms with Gasteiger partial charge in [-0.15, -0.1) is 20.4 Å². The van der Waals surface area contributed by atoms with Gasteiger partial charge in [0.25, 0.3) is 0 Å². The lowest BCUT2D eigenvalue weighted by Crippen LogP contribution is -2.13. The first-order valence-electron chi connectivity index (χ1n) is 6.79. The first kappa shape index (κ1) is 14.2. The monoisotopic (exact) mass is 294 g/mol. The van der Waals surface area contributed by atoms with Gasteiger partial charge in [-0.05, 0) is 11.1 Å². The van der Waals surface area contributed by atoms with Crippen molar-refractivity contribution in [1.29, 1.82) is 0 Å². The molecule has 0 saturated heterocycles. The van der Waals surface area contributed by atoms with Crippen LogP contribution < -0.4 is 0 Å². The van der Waals surface area contributed by atoms with E-state index in [1.165, 1.54) is 0 Å². The fraction of sp³-hybridized carbons (Fsp3) is 0.125. The minimum Gasteiger partial charge on any atom is -0.380 e. The predicted molar refractivity (Wildman–Crippen MR) is 78.6 cm³/mol. The Kier molecular flexibility index (Phi) is 4.13. The van der Waals surface area contributed by atoms with E-state index < -0.39 is 12.2 Å². The van der Waals surface area contributed by atoms with Gasteiger partial charge in [0.2, 0.25) is 11.6 Å². The van der Waals surface area contributed by atoms with Crippen LogP contribution in [0.2, 0.25) is 0 Å². The standard InChI is InChI=1S/C16H14N4O2/c21-13(11-7-3-1-4-8-11)15-17-19-16(20-18-15)14(22)12-9-5-2-6-10-12/h1-10,13-14,21-22H. The summed E-state index contributed by atoms with van der Waals surface area (Å²) in [6.07, 6.45) is -1.99. The average molecular weight is 294 g/mol. The van der Waals surface area contributed by atoms with E-state index in [-0.39, 0.29) is 11.6 Å². The van der Waals surface area contributed by atoms with E-state index in [2.05, 4.69) is 20.4 Å². The highest BCUT2D eigenvalue weighted by Gasteiger charge is 2.18. The molecule has 6 heteroatoms. The number of aromatic nitrogens is 4. The largest absolute Gasteiger partial charge is 0.380 e. The van der Waals surface area contributed by atoms with Crippen molar-refractivity contribution < 1.29 is 10.2 Å². The maximum absolute atomic E-state index is 10.2. The van der Waals surface area contributed by atoms with Crippen LogP contribution in [0.25, 0.3) is 0 Å². The van der Waals surface area contributed by atoms with Crippen LogP contribution in [0.4, 0.5) is 0 Å². The zero-order valence-corrected chi connectivity index (χ0v) is 11.6. The van der Waals surface area contributed by atoms with Gasteiger partial charge in [0, 0.05) is 0 Å². The van der Waals surface area contributed by atoms with Gasteiger partial charge in [-0.2, -0.15) is 0 Å². The van der Waals surface area contributed by atoms with Crippen LogP contribution in [0.5, 0.6) is 0 Å². The molecule has 2 aromatic carbocycles. The van der Waals surface area contributed by atoms with Crippen LogP contribution in [0.15, 0.2) is 60.7 Å². The summed E-state index contributed by atoms with van der Waals surface area (Å²) in [6, 6.07) is 18.0. The normalized spacial score (nSPS) is 13.5. The number of benzene rings is 2. The maximum atomic E-state index is 10.2. The fourth-order valence-electron chi connectivity index (χ4n) is 2.03. The maximum Gasteiger partial charge on any atom is 0.206 e. The van der Waals surface area contributed by atoms with Gasteiger partial charge in [0.1, 0.15) is 12.2 Å². The highest BCUT2D eigenvalue weighted by atomic mass is 16.3. The van der Waals surface area contributed by atoms with Gasteiger partial charge in [-0.1, -0.05) is 60.7 Å². The third-order valence-electron chi connectivity index (χ3n) is 3.23. The summed E-state index contributed by atoms with van der Waals surface area (Å²) in [5.74, 6) is 0.186. The van der Waals surface area contributed by atoms with E-state index >= 15 is 0 Å². The van der Waals surface area contributed by atoms with E-state index in [9.17, 15) is 10.2 Å². The summed E-state index contributed by atoms with van der Waals surface area (Å²) in [6.45, 7) is 0. The van der Waals surface area contributed by atoms with E-state index in [0.29, 0.717) is 11.1 Å². The molecule has 2 unspecified atom stereocenters. The number of hydrogen-bond donors (Lipinski definition) is 2. The molecule has 0 bridgehead atoms. The van der Waals surface area contributed by atoms with Crippen molar-refractivity contribution in [2.75, 3.05) is 0 Å². The second kappa shape index (κ2) is 6.38. The first-order chi connectivity index (χ1) is 10.8. The second-order valence-electron chi connectivity index (χ2n) is 4.74. The molecule has 0 saturated carbocycles. The zero-order chi connectivity index (χ0) is 15.4. The summed E-state index contributed by atoms with van der Waals surface area (Å²) in [4.78, 5) is 0. The minimum absolute atomic E-state index is 0.0928. The molecule has 22 heavy (non-hydrogen) atoms. The quantitative estimate of drug-likeness (QED) is 0.756. The predicted octanol–water partition coefficient (Wildman–Crippen LogP) is 1.43. The van der Waals surface area contributed by atoms with E-state index in [4.69, 9.17) is 0 Å². The van der Waals surface area contributed by atoms with Gasteiger partial charge >= 0.3 is 0 Å². The Morgan fingerprint density at radius 2 is 0.864 bits per heavy atom. The summed E-state index contributed by atoms with van der Waals surface area (Å²) < 4.78 is 0. The number of aliphatic hydroxyl groups is 2. The SMILES string of the molecule is OC(c1ccccc1)c1nnc(C(O)c2ccccc2)nn1. The number of aliphatic hydroxyl groups excluding tert-OH is 2. The molecule has 3 rings (SSSR count). The molecule has 110 valence electrons. The van der Waals surface area contributed by atoms with Gasteiger partial charge < -0.3 is 10.2 Å². The van der Waals surface area contributed by atoms with Crippen LogP contribution >= 0.6 is 0 Å². The van der Waals surface area contributed by atoms with Crippen LogP contribution in [0.1, 0.15) is 35.0 Å². The molecule has 3 aromatic rings. The Morgan fingerprint density at radius 1 is 0.545 bits per heavy atom. The molecular weight excluding hydrogens is 280 g/mol. The fourth-order valence-corrected chi connectivity index (χ4v) is 2.03. The summed E-state index contributed by atoms with van der Waals surface area (Å²) in [5.41, 5.74) is 1.31. The van der Waals surface area contributed by atoms with Crippen molar-refractivity contribution >= 4 is 0 Å².